The minimum Gasteiger partial charge on any atom is -0.493 e. The van der Waals surface area contributed by atoms with E-state index in [1.807, 2.05) is 12.1 Å². The molecule has 1 unspecified atom stereocenters. The van der Waals surface area contributed by atoms with Gasteiger partial charge < -0.3 is 15.2 Å². The highest BCUT2D eigenvalue weighted by Gasteiger charge is 2.29. The van der Waals surface area contributed by atoms with Crippen molar-refractivity contribution in [3.05, 3.63) is 23.8 Å². The van der Waals surface area contributed by atoms with Gasteiger partial charge in [0.2, 0.25) is 0 Å². The van der Waals surface area contributed by atoms with Gasteiger partial charge in [0.25, 0.3) is 0 Å². The maximum absolute atomic E-state index is 6.11. The zero-order valence-electron chi connectivity index (χ0n) is 13.5. The summed E-state index contributed by atoms with van der Waals surface area (Å²) in [6, 6.07) is 6.24. The van der Waals surface area contributed by atoms with E-state index in [9.17, 15) is 0 Å². The van der Waals surface area contributed by atoms with Crippen LogP contribution >= 0.6 is 0 Å². The molecule has 1 fully saturated rings. The molecule has 1 aliphatic carbocycles. The fourth-order valence-electron chi connectivity index (χ4n) is 2.94. The minimum atomic E-state index is 0.190. The van der Waals surface area contributed by atoms with Crippen molar-refractivity contribution < 1.29 is 9.47 Å². The van der Waals surface area contributed by atoms with E-state index in [4.69, 9.17) is 15.2 Å². The van der Waals surface area contributed by atoms with Crippen molar-refractivity contribution in [2.75, 3.05) is 33.9 Å². The second kappa shape index (κ2) is 7.66. The van der Waals surface area contributed by atoms with Gasteiger partial charge in [-0.25, -0.2) is 0 Å². The van der Waals surface area contributed by atoms with Crippen molar-refractivity contribution in [3.8, 4) is 11.5 Å². The maximum Gasteiger partial charge on any atom is 0.165 e. The molecule has 1 aromatic rings. The van der Waals surface area contributed by atoms with E-state index < -0.39 is 0 Å². The number of hydrogen-bond acceptors (Lipinski definition) is 4. The lowest BCUT2D eigenvalue weighted by molar-refractivity contribution is 0.189. The molecule has 21 heavy (non-hydrogen) atoms. The fourth-order valence-corrected chi connectivity index (χ4v) is 2.94. The normalized spacial score (nSPS) is 16.0. The third-order valence-corrected chi connectivity index (χ3v) is 4.16. The number of benzene rings is 1. The zero-order valence-corrected chi connectivity index (χ0v) is 13.5. The summed E-state index contributed by atoms with van der Waals surface area (Å²) in [6.07, 6.45) is 3.84. The van der Waals surface area contributed by atoms with Gasteiger partial charge in [0, 0.05) is 18.7 Å². The molecule has 1 aliphatic rings. The molecule has 4 nitrogen and oxygen atoms in total. The highest BCUT2D eigenvalue weighted by atomic mass is 16.5. The van der Waals surface area contributed by atoms with Crippen LogP contribution in [0.4, 0.5) is 0 Å². The van der Waals surface area contributed by atoms with E-state index in [-0.39, 0.29) is 6.04 Å². The second-order valence-electron chi connectivity index (χ2n) is 5.77. The van der Waals surface area contributed by atoms with Crippen LogP contribution in [0.3, 0.4) is 0 Å². The number of nitrogens with zero attached hydrogens (tertiary/aromatic N) is 1. The molecule has 0 aliphatic heterocycles. The van der Waals surface area contributed by atoms with Crippen molar-refractivity contribution in [1.82, 2.24) is 4.90 Å². The molecule has 2 rings (SSSR count). The van der Waals surface area contributed by atoms with Crippen LogP contribution in [-0.4, -0.2) is 38.8 Å². The van der Waals surface area contributed by atoms with Gasteiger partial charge in [0.15, 0.2) is 11.5 Å². The molecule has 4 heteroatoms. The Kier molecular flexibility index (Phi) is 5.88. The lowest BCUT2D eigenvalue weighted by Crippen LogP contribution is -2.36. The summed E-state index contributed by atoms with van der Waals surface area (Å²) in [5.41, 5.74) is 7.24. The van der Waals surface area contributed by atoms with E-state index >= 15 is 0 Å². The fraction of sp³-hybridized carbons (Fsp3) is 0.647. The standard InChI is InChI=1S/C17H28N2O2/c1-4-10-19(12-13-8-9-13)15(11-18)14-6-5-7-16(20-2)17(14)21-3/h5-7,13,15H,4,8-12,18H2,1-3H3. The molecular formula is C17H28N2O2. The number of ether oxygens (including phenoxy) is 2. The highest BCUT2D eigenvalue weighted by molar-refractivity contribution is 5.48. The van der Waals surface area contributed by atoms with Crippen molar-refractivity contribution in [3.63, 3.8) is 0 Å². The van der Waals surface area contributed by atoms with E-state index in [1.54, 1.807) is 14.2 Å². The zero-order chi connectivity index (χ0) is 15.2. The van der Waals surface area contributed by atoms with Gasteiger partial charge >= 0.3 is 0 Å². The number of methoxy groups -OCH3 is 2. The van der Waals surface area contributed by atoms with Crippen LogP contribution in [0.25, 0.3) is 0 Å². The van der Waals surface area contributed by atoms with E-state index in [0.717, 1.165) is 42.5 Å². The Labute approximate surface area is 128 Å². The molecule has 0 bridgehead atoms. The molecule has 0 spiro atoms. The van der Waals surface area contributed by atoms with Gasteiger partial charge in [0.1, 0.15) is 0 Å². The summed E-state index contributed by atoms with van der Waals surface area (Å²) in [5.74, 6) is 2.44. The summed E-state index contributed by atoms with van der Waals surface area (Å²) < 4.78 is 11.0. The third-order valence-electron chi connectivity index (χ3n) is 4.16. The van der Waals surface area contributed by atoms with E-state index in [0.29, 0.717) is 6.54 Å². The molecule has 0 saturated heterocycles. The van der Waals surface area contributed by atoms with Crippen LogP contribution in [0.15, 0.2) is 18.2 Å². The van der Waals surface area contributed by atoms with Crippen molar-refractivity contribution >= 4 is 0 Å². The van der Waals surface area contributed by atoms with Crippen LogP contribution in [-0.2, 0) is 0 Å². The SMILES string of the molecule is CCCN(CC1CC1)C(CN)c1cccc(OC)c1OC. The summed E-state index contributed by atoms with van der Waals surface area (Å²) >= 11 is 0. The van der Waals surface area contributed by atoms with Gasteiger partial charge in [-0.15, -0.1) is 0 Å². The van der Waals surface area contributed by atoms with E-state index in [1.165, 1.54) is 12.8 Å². The molecule has 118 valence electrons. The Morgan fingerprint density at radius 1 is 1.29 bits per heavy atom. The van der Waals surface area contributed by atoms with Crippen LogP contribution < -0.4 is 15.2 Å². The molecule has 1 saturated carbocycles. The van der Waals surface area contributed by atoms with E-state index in [2.05, 4.69) is 17.9 Å². The Bertz CT molecular complexity index is 446. The summed E-state index contributed by atoms with van der Waals surface area (Å²) in [7, 11) is 3.37. The molecule has 1 atom stereocenters. The lowest BCUT2D eigenvalue weighted by atomic mass is 10.0. The predicted molar refractivity (Wildman–Crippen MR) is 85.9 cm³/mol. The quantitative estimate of drug-likeness (QED) is 0.760. The number of para-hydroxylation sites is 1. The first-order valence-electron chi connectivity index (χ1n) is 7.90. The third kappa shape index (κ3) is 3.89. The number of rotatable bonds is 9. The lowest BCUT2D eigenvalue weighted by Gasteiger charge is -2.32. The average molecular weight is 292 g/mol. The summed E-state index contributed by atoms with van der Waals surface area (Å²) in [5, 5.41) is 0. The summed E-state index contributed by atoms with van der Waals surface area (Å²) in [6.45, 7) is 5.02. The number of hydrogen-bond donors (Lipinski definition) is 1. The Morgan fingerprint density at radius 3 is 2.57 bits per heavy atom. The van der Waals surface area contributed by atoms with Gasteiger partial charge in [-0.1, -0.05) is 19.1 Å². The molecule has 0 amide bonds. The Balaban J connectivity index is 2.29. The largest absolute Gasteiger partial charge is 0.493 e. The minimum absolute atomic E-state index is 0.190. The molecule has 2 N–H and O–H groups in total. The molecule has 0 heterocycles. The Morgan fingerprint density at radius 2 is 2.05 bits per heavy atom. The van der Waals surface area contributed by atoms with Gasteiger partial charge in [-0.2, -0.15) is 0 Å². The molecule has 1 aromatic carbocycles. The molecule has 0 aromatic heterocycles. The monoisotopic (exact) mass is 292 g/mol. The summed E-state index contributed by atoms with van der Waals surface area (Å²) in [4.78, 5) is 2.51. The first-order chi connectivity index (χ1) is 10.2. The van der Waals surface area contributed by atoms with Gasteiger partial charge in [0.05, 0.1) is 20.3 Å². The van der Waals surface area contributed by atoms with Crippen molar-refractivity contribution in [2.45, 2.75) is 32.2 Å². The first kappa shape index (κ1) is 16.1. The van der Waals surface area contributed by atoms with Crippen LogP contribution in [0, 0.1) is 5.92 Å². The molecular weight excluding hydrogens is 264 g/mol. The van der Waals surface area contributed by atoms with Crippen molar-refractivity contribution in [1.29, 1.82) is 0 Å². The Hall–Kier alpha value is -1.26. The van der Waals surface area contributed by atoms with Crippen molar-refractivity contribution in [2.24, 2.45) is 11.7 Å². The average Bonchev–Trinajstić information content (AvgIpc) is 3.31. The van der Waals surface area contributed by atoms with Gasteiger partial charge in [-0.05, 0) is 37.8 Å². The van der Waals surface area contributed by atoms with Crippen LogP contribution in [0.1, 0.15) is 37.8 Å². The van der Waals surface area contributed by atoms with Crippen LogP contribution in [0.5, 0.6) is 11.5 Å². The second-order valence-corrected chi connectivity index (χ2v) is 5.77. The first-order valence-corrected chi connectivity index (χ1v) is 7.90. The number of nitrogens with two attached hydrogens (primary N) is 1. The predicted octanol–water partition coefficient (Wildman–Crippen LogP) is 2.83. The van der Waals surface area contributed by atoms with Gasteiger partial charge in [-0.3, -0.25) is 4.90 Å². The smallest absolute Gasteiger partial charge is 0.165 e. The molecule has 0 radical (unpaired) electrons. The topological polar surface area (TPSA) is 47.7 Å². The highest BCUT2D eigenvalue weighted by Crippen LogP contribution is 2.38. The van der Waals surface area contributed by atoms with Crippen LogP contribution in [0.2, 0.25) is 0 Å². The maximum atomic E-state index is 6.11.